The summed E-state index contributed by atoms with van der Waals surface area (Å²) in [5.41, 5.74) is 6.76. The first-order valence-corrected chi connectivity index (χ1v) is 6.35. The molecule has 8 heteroatoms. The molecule has 0 saturated carbocycles. The van der Waals surface area contributed by atoms with Crippen molar-refractivity contribution in [3.8, 4) is 11.3 Å². The van der Waals surface area contributed by atoms with Crippen LogP contribution in [0.4, 0.5) is 10.3 Å². The third-order valence-corrected chi connectivity index (χ3v) is 3.29. The van der Waals surface area contributed by atoms with Gasteiger partial charge in [-0.3, -0.25) is 0 Å². The highest BCUT2D eigenvalue weighted by Crippen LogP contribution is 2.33. The highest BCUT2D eigenvalue weighted by Gasteiger charge is 2.15. The van der Waals surface area contributed by atoms with E-state index in [1.807, 2.05) is 0 Å². The third-order valence-electron chi connectivity index (χ3n) is 2.61. The Morgan fingerprint density at radius 2 is 2.16 bits per heavy atom. The third kappa shape index (κ3) is 2.04. The van der Waals surface area contributed by atoms with Gasteiger partial charge in [-0.15, -0.1) is 0 Å². The molecule has 0 aliphatic heterocycles. The number of hydrogen-bond donors (Lipinski definition) is 2. The molecule has 0 amide bonds. The Kier molecular flexibility index (Phi) is 2.87. The van der Waals surface area contributed by atoms with Crippen LogP contribution in [0.15, 0.2) is 23.1 Å². The maximum Gasteiger partial charge on any atom is 0.220 e. The van der Waals surface area contributed by atoms with Gasteiger partial charge in [-0.05, 0) is 22.0 Å². The average Bonchev–Trinajstić information content (AvgIpc) is 2.76. The molecule has 0 fully saturated rings. The number of halogens is 3. The molecule has 96 valence electrons. The second kappa shape index (κ2) is 4.43. The number of aromatic nitrogens is 4. The lowest BCUT2D eigenvalue weighted by Gasteiger charge is -2.02. The van der Waals surface area contributed by atoms with E-state index in [0.29, 0.717) is 21.1 Å². The van der Waals surface area contributed by atoms with E-state index in [9.17, 15) is 4.39 Å². The molecule has 19 heavy (non-hydrogen) atoms. The number of hydrogen-bond acceptors (Lipinski definition) is 4. The number of aromatic amines is 1. The molecule has 3 rings (SSSR count). The SMILES string of the molecule is Nc1ncc(F)c(-c2c[nH]c3c(Cl)nc(Br)cc23)n1. The molecular weight excluding hydrogens is 337 g/mol. The minimum atomic E-state index is -0.556. The van der Waals surface area contributed by atoms with E-state index < -0.39 is 5.82 Å². The van der Waals surface area contributed by atoms with Crippen LogP contribution >= 0.6 is 27.5 Å². The van der Waals surface area contributed by atoms with Crippen molar-refractivity contribution in [3.05, 3.63) is 34.0 Å². The molecule has 0 saturated heterocycles. The lowest BCUT2D eigenvalue weighted by molar-refractivity contribution is 0.619. The largest absolute Gasteiger partial charge is 0.368 e. The molecule has 3 aromatic rings. The summed E-state index contributed by atoms with van der Waals surface area (Å²) in [6, 6.07) is 1.73. The minimum absolute atomic E-state index is 0.00460. The molecule has 3 N–H and O–H groups in total. The molecule has 0 bridgehead atoms. The van der Waals surface area contributed by atoms with Gasteiger partial charge in [0.15, 0.2) is 11.0 Å². The van der Waals surface area contributed by atoms with E-state index in [0.717, 1.165) is 6.20 Å². The topological polar surface area (TPSA) is 80.5 Å². The van der Waals surface area contributed by atoms with Crippen LogP contribution in [0.25, 0.3) is 22.2 Å². The molecule has 0 radical (unpaired) electrons. The molecule has 3 aromatic heterocycles. The minimum Gasteiger partial charge on any atom is -0.368 e. The molecule has 0 aromatic carbocycles. The van der Waals surface area contributed by atoms with Crippen LogP contribution in [0.1, 0.15) is 0 Å². The predicted molar refractivity (Wildman–Crippen MR) is 74.2 cm³/mol. The van der Waals surface area contributed by atoms with E-state index in [-0.39, 0.29) is 16.8 Å². The zero-order chi connectivity index (χ0) is 13.6. The van der Waals surface area contributed by atoms with Gasteiger partial charge in [0.2, 0.25) is 5.95 Å². The van der Waals surface area contributed by atoms with Gasteiger partial charge in [0.05, 0.1) is 11.7 Å². The molecule has 0 aliphatic carbocycles. The molecule has 0 unspecified atom stereocenters. The van der Waals surface area contributed by atoms with Gasteiger partial charge >= 0.3 is 0 Å². The van der Waals surface area contributed by atoms with Crippen LogP contribution in [-0.4, -0.2) is 19.9 Å². The summed E-state index contributed by atoms with van der Waals surface area (Å²) in [4.78, 5) is 14.5. The van der Waals surface area contributed by atoms with Gasteiger partial charge in [0, 0.05) is 17.1 Å². The molecule has 0 aliphatic rings. The van der Waals surface area contributed by atoms with Gasteiger partial charge in [0.25, 0.3) is 0 Å². The second-order valence-electron chi connectivity index (χ2n) is 3.79. The van der Waals surface area contributed by atoms with Gasteiger partial charge < -0.3 is 10.7 Å². The fraction of sp³-hybridized carbons (Fsp3) is 0. The summed E-state index contributed by atoms with van der Waals surface area (Å²) in [5.74, 6) is -0.552. The molecule has 3 heterocycles. The van der Waals surface area contributed by atoms with Crippen molar-refractivity contribution >= 4 is 44.4 Å². The predicted octanol–water partition coefficient (Wildman–Crippen LogP) is 3.16. The van der Waals surface area contributed by atoms with E-state index in [1.54, 1.807) is 12.3 Å². The molecule has 0 spiro atoms. The van der Waals surface area contributed by atoms with E-state index >= 15 is 0 Å². The number of H-pyrrole nitrogens is 1. The Morgan fingerprint density at radius 3 is 2.95 bits per heavy atom. The Balaban J connectivity index is 2.34. The van der Waals surface area contributed by atoms with Crippen LogP contribution in [-0.2, 0) is 0 Å². The van der Waals surface area contributed by atoms with Crippen LogP contribution < -0.4 is 5.73 Å². The summed E-state index contributed by atoms with van der Waals surface area (Å²) >= 11 is 9.26. The standard InChI is InChI=1S/C11H6BrClFN5/c12-7-1-4-5(2-16-9(4)10(13)18-7)8-6(14)3-17-11(15)19-8/h1-3,16H,(H2,15,17,19). The Morgan fingerprint density at radius 1 is 1.37 bits per heavy atom. The van der Waals surface area contributed by atoms with Crippen LogP contribution in [0.3, 0.4) is 0 Å². The number of fused-ring (bicyclic) bond motifs is 1. The van der Waals surface area contributed by atoms with Crippen LogP contribution in [0, 0.1) is 5.82 Å². The maximum atomic E-state index is 13.8. The first-order chi connectivity index (χ1) is 9.06. The zero-order valence-corrected chi connectivity index (χ0v) is 11.6. The van der Waals surface area contributed by atoms with Gasteiger partial charge in [-0.25, -0.2) is 19.3 Å². The lowest BCUT2D eigenvalue weighted by atomic mass is 10.1. The highest BCUT2D eigenvalue weighted by molar-refractivity contribution is 9.10. The Labute approximate surface area is 120 Å². The normalized spacial score (nSPS) is 11.1. The fourth-order valence-electron chi connectivity index (χ4n) is 1.82. The van der Waals surface area contributed by atoms with Crippen molar-refractivity contribution in [2.24, 2.45) is 0 Å². The van der Waals surface area contributed by atoms with Crippen LogP contribution in [0.2, 0.25) is 5.15 Å². The maximum absolute atomic E-state index is 13.8. The van der Waals surface area contributed by atoms with Crippen molar-refractivity contribution < 1.29 is 4.39 Å². The fourth-order valence-corrected chi connectivity index (χ4v) is 2.58. The summed E-state index contributed by atoms with van der Waals surface area (Å²) < 4.78 is 14.4. The number of nitrogens with one attached hydrogen (secondary N) is 1. The van der Waals surface area contributed by atoms with Crippen molar-refractivity contribution in [1.82, 2.24) is 19.9 Å². The number of pyridine rings is 1. The van der Waals surface area contributed by atoms with E-state index in [4.69, 9.17) is 17.3 Å². The van der Waals surface area contributed by atoms with Crippen LogP contribution in [0.5, 0.6) is 0 Å². The summed E-state index contributed by atoms with van der Waals surface area (Å²) in [7, 11) is 0. The average molecular weight is 343 g/mol. The van der Waals surface area contributed by atoms with Gasteiger partial charge in [0.1, 0.15) is 10.3 Å². The lowest BCUT2D eigenvalue weighted by Crippen LogP contribution is -1.98. The number of nitrogens with two attached hydrogens (primary N) is 1. The summed E-state index contributed by atoms with van der Waals surface area (Å²) in [6.45, 7) is 0. The smallest absolute Gasteiger partial charge is 0.220 e. The monoisotopic (exact) mass is 341 g/mol. The summed E-state index contributed by atoms with van der Waals surface area (Å²) in [6.07, 6.45) is 2.64. The van der Waals surface area contributed by atoms with E-state index in [1.165, 1.54) is 0 Å². The first kappa shape index (κ1) is 12.3. The quantitative estimate of drug-likeness (QED) is 0.666. The van der Waals surface area contributed by atoms with Gasteiger partial charge in [-0.1, -0.05) is 11.6 Å². The highest BCUT2D eigenvalue weighted by atomic mass is 79.9. The van der Waals surface area contributed by atoms with Crippen molar-refractivity contribution in [2.45, 2.75) is 0 Å². The number of nitrogens with zero attached hydrogens (tertiary/aromatic N) is 3. The number of rotatable bonds is 1. The second-order valence-corrected chi connectivity index (χ2v) is 4.96. The van der Waals surface area contributed by atoms with Crippen molar-refractivity contribution in [3.63, 3.8) is 0 Å². The zero-order valence-electron chi connectivity index (χ0n) is 9.28. The Bertz CT molecular complexity index is 788. The van der Waals surface area contributed by atoms with Crippen molar-refractivity contribution in [2.75, 3.05) is 5.73 Å². The molecule has 5 nitrogen and oxygen atoms in total. The summed E-state index contributed by atoms with van der Waals surface area (Å²) in [5, 5.41) is 0.988. The first-order valence-electron chi connectivity index (χ1n) is 5.18. The number of nitrogen functional groups attached to an aromatic ring is 1. The van der Waals surface area contributed by atoms with Gasteiger partial charge in [-0.2, -0.15) is 0 Å². The molecular formula is C11H6BrClFN5. The van der Waals surface area contributed by atoms with Crippen molar-refractivity contribution in [1.29, 1.82) is 0 Å². The Hall–Kier alpha value is -1.73. The van der Waals surface area contributed by atoms with E-state index in [2.05, 4.69) is 35.9 Å². The molecule has 0 atom stereocenters. The number of anilines is 1.